The molecular formula is C18H26ClN3O5. The Kier molecular flexibility index (Phi) is 6.89. The summed E-state index contributed by atoms with van der Waals surface area (Å²) in [5.41, 5.74) is 0.0805. The normalized spacial score (nSPS) is 18.1. The molecule has 2 saturated heterocycles. The summed E-state index contributed by atoms with van der Waals surface area (Å²) in [6, 6.07) is 2.70. The molecule has 1 aromatic carbocycles. The number of likely N-dealkylation sites (tertiary alicyclic amines) is 1. The summed E-state index contributed by atoms with van der Waals surface area (Å²) in [6.07, 6.45) is 2.98. The molecule has 0 unspecified atom stereocenters. The second-order valence-electron chi connectivity index (χ2n) is 6.93. The minimum Gasteiger partial charge on any atom is -0.493 e. The first kappa shape index (κ1) is 21.2. The van der Waals surface area contributed by atoms with Gasteiger partial charge in [0.2, 0.25) is 0 Å². The lowest BCUT2D eigenvalue weighted by Gasteiger charge is -2.38. The molecule has 1 N–H and O–H groups in total. The predicted molar refractivity (Wildman–Crippen MR) is 103 cm³/mol. The molecule has 3 rings (SSSR count). The number of nitro groups is 1. The zero-order valence-electron chi connectivity index (χ0n) is 15.7. The van der Waals surface area contributed by atoms with Crippen LogP contribution in [0.25, 0.3) is 0 Å². The van der Waals surface area contributed by atoms with Crippen molar-refractivity contribution in [2.75, 3.05) is 39.9 Å². The Morgan fingerprint density at radius 1 is 1.30 bits per heavy atom. The van der Waals surface area contributed by atoms with Crippen molar-refractivity contribution in [3.05, 3.63) is 27.8 Å². The molecule has 27 heavy (non-hydrogen) atoms. The number of benzene rings is 1. The second-order valence-corrected chi connectivity index (χ2v) is 6.93. The van der Waals surface area contributed by atoms with Crippen LogP contribution in [0.1, 0.15) is 36.5 Å². The number of halogens is 1. The number of amides is 1. The average Bonchev–Trinajstić information content (AvgIpc) is 3.09. The molecule has 2 aliphatic heterocycles. The number of nitrogens with one attached hydrogen (secondary N) is 1. The Morgan fingerprint density at radius 3 is 2.52 bits per heavy atom. The Bertz CT molecular complexity index is 696. The minimum atomic E-state index is -0.544. The standard InChI is InChI=1S/C18H25N3O5.ClH/c1-3-26-16-10-13(14(21(23)24)11-15(16)25-2)17(22)20-8-5-18(6-9-20)4-7-19-12-18;/h10-11,19H,3-9,12H2,1-2H3;1H. The quantitative estimate of drug-likeness (QED) is 0.604. The van der Waals surface area contributed by atoms with Crippen LogP contribution in [-0.4, -0.2) is 55.6 Å². The fraction of sp³-hybridized carbons (Fsp3) is 0.611. The minimum absolute atomic E-state index is 0. The zero-order chi connectivity index (χ0) is 18.7. The van der Waals surface area contributed by atoms with Gasteiger partial charge in [-0.15, -0.1) is 12.4 Å². The molecule has 2 heterocycles. The number of carbonyl (C=O) groups is 1. The number of hydrogen-bond donors (Lipinski definition) is 1. The van der Waals surface area contributed by atoms with Crippen LogP contribution in [0.15, 0.2) is 12.1 Å². The number of rotatable bonds is 5. The van der Waals surface area contributed by atoms with E-state index in [0.717, 1.165) is 32.4 Å². The third kappa shape index (κ3) is 4.27. The van der Waals surface area contributed by atoms with E-state index in [-0.39, 0.29) is 40.7 Å². The smallest absolute Gasteiger partial charge is 0.286 e. The van der Waals surface area contributed by atoms with Crippen LogP contribution in [-0.2, 0) is 0 Å². The molecule has 0 saturated carbocycles. The first-order valence-corrected chi connectivity index (χ1v) is 8.99. The lowest BCUT2D eigenvalue weighted by molar-refractivity contribution is -0.385. The maximum absolute atomic E-state index is 13.0. The van der Waals surface area contributed by atoms with Gasteiger partial charge in [0.05, 0.1) is 24.7 Å². The molecule has 2 aliphatic rings. The Balaban J connectivity index is 0.00000261. The molecule has 1 spiro atoms. The molecule has 0 atom stereocenters. The van der Waals surface area contributed by atoms with Crippen molar-refractivity contribution in [3.63, 3.8) is 0 Å². The van der Waals surface area contributed by atoms with Gasteiger partial charge in [0.1, 0.15) is 5.56 Å². The zero-order valence-corrected chi connectivity index (χ0v) is 16.5. The van der Waals surface area contributed by atoms with E-state index in [4.69, 9.17) is 9.47 Å². The largest absolute Gasteiger partial charge is 0.493 e. The number of piperidine rings is 1. The lowest BCUT2D eigenvalue weighted by atomic mass is 9.78. The maximum Gasteiger partial charge on any atom is 0.286 e. The van der Waals surface area contributed by atoms with E-state index >= 15 is 0 Å². The van der Waals surface area contributed by atoms with Crippen LogP contribution in [0, 0.1) is 15.5 Å². The van der Waals surface area contributed by atoms with Crippen molar-refractivity contribution in [3.8, 4) is 11.5 Å². The van der Waals surface area contributed by atoms with Crippen molar-refractivity contribution in [2.45, 2.75) is 26.2 Å². The summed E-state index contributed by atoms with van der Waals surface area (Å²) in [7, 11) is 1.42. The maximum atomic E-state index is 13.0. The highest BCUT2D eigenvalue weighted by atomic mass is 35.5. The third-order valence-electron chi connectivity index (χ3n) is 5.45. The van der Waals surface area contributed by atoms with E-state index in [1.54, 1.807) is 4.90 Å². The van der Waals surface area contributed by atoms with Crippen LogP contribution in [0.5, 0.6) is 11.5 Å². The van der Waals surface area contributed by atoms with Crippen molar-refractivity contribution < 1.29 is 19.2 Å². The molecule has 0 aromatic heterocycles. The SMILES string of the molecule is CCOc1cc(C(=O)N2CCC3(CCNC3)CC2)c([N+](=O)[O-])cc1OC.Cl. The van der Waals surface area contributed by atoms with Gasteiger partial charge in [0.25, 0.3) is 11.6 Å². The van der Waals surface area contributed by atoms with Gasteiger partial charge in [-0.25, -0.2) is 0 Å². The van der Waals surface area contributed by atoms with Gasteiger partial charge in [0.15, 0.2) is 11.5 Å². The van der Waals surface area contributed by atoms with Gasteiger partial charge in [-0.2, -0.15) is 0 Å². The van der Waals surface area contributed by atoms with Crippen LogP contribution >= 0.6 is 12.4 Å². The molecule has 8 nitrogen and oxygen atoms in total. The number of hydrogen-bond acceptors (Lipinski definition) is 6. The molecule has 9 heteroatoms. The third-order valence-corrected chi connectivity index (χ3v) is 5.45. The highest BCUT2D eigenvalue weighted by Crippen LogP contribution is 2.39. The van der Waals surface area contributed by atoms with Crippen molar-refractivity contribution in [1.29, 1.82) is 0 Å². The highest BCUT2D eigenvalue weighted by molar-refractivity contribution is 5.99. The molecular weight excluding hydrogens is 374 g/mol. The van der Waals surface area contributed by atoms with Crippen molar-refractivity contribution in [2.24, 2.45) is 5.41 Å². The highest BCUT2D eigenvalue weighted by Gasteiger charge is 2.39. The summed E-state index contributed by atoms with van der Waals surface area (Å²) in [4.78, 5) is 25.6. The Hall–Kier alpha value is -2.06. The molecule has 0 bridgehead atoms. The first-order chi connectivity index (χ1) is 12.5. The first-order valence-electron chi connectivity index (χ1n) is 8.99. The van der Waals surface area contributed by atoms with E-state index in [2.05, 4.69) is 5.32 Å². The van der Waals surface area contributed by atoms with Crippen molar-refractivity contribution in [1.82, 2.24) is 10.2 Å². The number of methoxy groups -OCH3 is 1. The number of ether oxygens (including phenoxy) is 2. The number of nitro benzene ring substituents is 1. The van der Waals surface area contributed by atoms with Gasteiger partial charge < -0.3 is 19.7 Å². The van der Waals surface area contributed by atoms with Crippen LogP contribution in [0.3, 0.4) is 0 Å². The van der Waals surface area contributed by atoms with Crippen LogP contribution < -0.4 is 14.8 Å². The summed E-state index contributed by atoms with van der Waals surface area (Å²) in [5.74, 6) is 0.281. The monoisotopic (exact) mass is 399 g/mol. The van der Waals surface area contributed by atoms with Gasteiger partial charge in [-0.05, 0) is 38.1 Å². The molecule has 150 valence electrons. The summed E-state index contributed by atoms with van der Waals surface area (Å²) in [5, 5.41) is 14.9. The topological polar surface area (TPSA) is 93.9 Å². The second kappa shape index (κ2) is 8.75. The van der Waals surface area contributed by atoms with Gasteiger partial charge in [0, 0.05) is 25.7 Å². The van der Waals surface area contributed by atoms with Gasteiger partial charge >= 0.3 is 0 Å². The van der Waals surface area contributed by atoms with E-state index < -0.39 is 4.92 Å². The van der Waals surface area contributed by atoms with Gasteiger partial charge in [-0.1, -0.05) is 0 Å². The fourth-order valence-corrected chi connectivity index (χ4v) is 3.88. The van der Waals surface area contributed by atoms with E-state index in [1.807, 2.05) is 6.92 Å². The summed E-state index contributed by atoms with van der Waals surface area (Å²) >= 11 is 0. The summed E-state index contributed by atoms with van der Waals surface area (Å²) < 4.78 is 10.7. The van der Waals surface area contributed by atoms with E-state index in [9.17, 15) is 14.9 Å². The van der Waals surface area contributed by atoms with Gasteiger partial charge in [-0.3, -0.25) is 14.9 Å². The number of nitrogens with zero attached hydrogens (tertiary/aromatic N) is 2. The average molecular weight is 400 g/mol. The Morgan fingerprint density at radius 2 is 2.00 bits per heavy atom. The predicted octanol–water partition coefficient (Wildman–Crippen LogP) is 2.64. The van der Waals surface area contributed by atoms with E-state index in [0.29, 0.717) is 25.4 Å². The molecule has 0 radical (unpaired) electrons. The van der Waals surface area contributed by atoms with Crippen molar-refractivity contribution >= 4 is 24.0 Å². The summed E-state index contributed by atoms with van der Waals surface area (Å²) in [6.45, 7) is 5.44. The molecule has 2 fully saturated rings. The molecule has 1 amide bonds. The lowest BCUT2D eigenvalue weighted by Crippen LogP contribution is -2.44. The van der Waals surface area contributed by atoms with Crippen LogP contribution in [0.2, 0.25) is 0 Å². The number of carbonyl (C=O) groups excluding carboxylic acids is 1. The fourth-order valence-electron chi connectivity index (χ4n) is 3.88. The molecule has 0 aliphatic carbocycles. The van der Waals surface area contributed by atoms with Crippen LogP contribution in [0.4, 0.5) is 5.69 Å². The molecule has 1 aromatic rings. The van der Waals surface area contributed by atoms with E-state index in [1.165, 1.54) is 19.2 Å². The Labute approximate surface area is 164 Å².